The number of hydrogen-bond acceptors (Lipinski definition) is 9. The van der Waals surface area contributed by atoms with Crippen LogP contribution in [0.25, 0.3) is 0 Å². The largest absolute Gasteiger partial charge is 0.472 e. The van der Waals surface area contributed by atoms with Gasteiger partial charge in [-0.1, -0.05) is 127 Å². The molecule has 54 heavy (non-hydrogen) atoms. The zero-order valence-corrected chi connectivity index (χ0v) is 34.8. The van der Waals surface area contributed by atoms with Crippen molar-refractivity contribution >= 4 is 19.8 Å². The van der Waals surface area contributed by atoms with E-state index in [1.165, 1.54) is 64.2 Å². The first-order valence-corrected chi connectivity index (χ1v) is 22.7. The van der Waals surface area contributed by atoms with Crippen molar-refractivity contribution in [1.82, 2.24) is 0 Å². The molecule has 11 heteroatoms. The number of phosphoric ester groups is 1. The lowest BCUT2D eigenvalue weighted by molar-refractivity contribution is -0.161. The van der Waals surface area contributed by atoms with Crippen LogP contribution < -0.4 is 5.73 Å². The van der Waals surface area contributed by atoms with E-state index in [1.54, 1.807) is 0 Å². The minimum atomic E-state index is -4.40. The van der Waals surface area contributed by atoms with Crippen LogP contribution in [0, 0.1) is 0 Å². The maximum atomic E-state index is 12.6. The van der Waals surface area contributed by atoms with Gasteiger partial charge >= 0.3 is 19.8 Å². The molecule has 0 amide bonds. The molecule has 1 heterocycles. The number of phosphoric acid groups is 1. The Kier molecular flexibility index (Phi) is 32.7. The van der Waals surface area contributed by atoms with Gasteiger partial charge in [0.05, 0.1) is 25.4 Å². The van der Waals surface area contributed by atoms with Gasteiger partial charge in [-0.3, -0.25) is 18.6 Å². The van der Waals surface area contributed by atoms with Gasteiger partial charge in [-0.25, -0.2) is 4.57 Å². The Morgan fingerprint density at radius 1 is 0.648 bits per heavy atom. The summed E-state index contributed by atoms with van der Waals surface area (Å²) in [7, 11) is -4.40. The fourth-order valence-electron chi connectivity index (χ4n) is 5.78. The Balaban J connectivity index is 2.25. The number of hydrogen-bond donors (Lipinski definition) is 2. The Morgan fingerprint density at radius 3 is 1.81 bits per heavy atom. The summed E-state index contributed by atoms with van der Waals surface area (Å²) in [4.78, 5) is 34.9. The first-order valence-electron chi connectivity index (χ1n) is 21.2. The average Bonchev–Trinajstić information content (AvgIpc) is 3.91. The minimum Gasteiger partial charge on any atom is -0.462 e. The van der Waals surface area contributed by atoms with Crippen molar-refractivity contribution in [1.29, 1.82) is 0 Å². The van der Waals surface area contributed by atoms with Crippen molar-refractivity contribution in [3.05, 3.63) is 48.6 Å². The van der Waals surface area contributed by atoms with Crippen LogP contribution >= 0.6 is 7.82 Å². The summed E-state index contributed by atoms with van der Waals surface area (Å²) in [6, 6.07) is 0. The minimum absolute atomic E-state index is 0.0394. The third-order valence-electron chi connectivity index (χ3n) is 9.09. The fraction of sp³-hybridized carbons (Fsp3) is 0.767. The van der Waals surface area contributed by atoms with Gasteiger partial charge in [0, 0.05) is 19.4 Å². The molecule has 0 aliphatic carbocycles. The summed E-state index contributed by atoms with van der Waals surface area (Å²) >= 11 is 0. The van der Waals surface area contributed by atoms with Gasteiger partial charge in [0.25, 0.3) is 0 Å². The molecule has 0 bridgehead atoms. The third kappa shape index (κ3) is 32.2. The highest BCUT2D eigenvalue weighted by Crippen LogP contribution is 2.43. The van der Waals surface area contributed by atoms with Crippen molar-refractivity contribution in [2.75, 3.05) is 26.4 Å². The topological polar surface area (TPSA) is 147 Å². The monoisotopic (exact) mass is 782 g/mol. The lowest BCUT2D eigenvalue weighted by Gasteiger charge is -2.19. The van der Waals surface area contributed by atoms with E-state index < -0.39 is 32.5 Å². The Bertz CT molecular complexity index is 1090. The molecule has 0 aromatic heterocycles. The van der Waals surface area contributed by atoms with Gasteiger partial charge in [0.1, 0.15) is 6.61 Å². The Morgan fingerprint density at radius 2 is 1.15 bits per heavy atom. The number of epoxide rings is 1. The molecule has 10 nitrogen and oxygen atoms in total. The molecule has 0 aromatic rings. The third-order valence-corrected chi connectivity index (χ3v) is 10.1. The van der Waals surface area contributed by atoms with Crippen molar-refractivity contribution < 1.29 is 42.3 Å². The lowest BCUT2D eigenvalue weighted by Crippen LogP contribution is -2.29. The van der Waals surface area contributed by atoms with Crippen LogP contribution in [-0.2, 0) is 37.4 Å². The van der Waals surface area contributed by atoms with E-state index in [4.69, 9.17) is 29.0 Å². The van der Waals surface area contributed by atoms with Crippen LogP contribution in [0.4, 0.5) is 0 Å². The summed E-state index contributed by atoms with van der Waals surface area (Å²) < 4.78 is 38.5. The number of nitrogens with two attached hydrogens (primary N) is 1. The summed E-state index contributed by atoms with van der Waals surface area (Å²) in [5, 5.41) is 0. The molecule has 0 aromatic carbocycles. The number of unbranched alkanes of at least 4 members (excludes halogenated alkanes) is 15. The van der Waals surface area contributed by atoms with Crippen molar-refractivity contribution in [3.63, 3.8) is 0 Å². The van der Waals surface area contributed by atoms with Gasteiger partial charge in [-0.2, -0.15) is 0 Å². The molecule has 312 valence electrons. The Hall–Kier alpha value is -2.07. The zero-order chi connectivity index (χ0) is 39.4. The molecule has 1 aliphatic heterocycles. The maximum absolute atomic E-state index is 12.6. The van der Waals surface area contributed by atoms with Gasteiger partial charge in [0.2, 0.25) is 0 Å². The highest BCUT2D eigenvalue weighted by atomic mass is 31.2. The summed E-state index contributed by atoms with van der Waals surface area (Å²) in [5.41, 5.74) is 5.34. The molecule has 1 aliphatic rings. The highest BCUT2D eigenvalue weighted by molar-refractivity contribution is 7.47. The summed E-state index contributed by atoms with van der Waals surface area (Å²) in [6.45, 7) is 3.60. The molecular weight excluding hydrogens is 705 g/mol. The number of esters is 2. The normalized spacial score (nSPS) is 17.6. The molecule has 1 fully saturated rings. The molecule has 3 N–H and O–H groups in total. The molecule has 1 rings (SSSR count). The fourth-order valence-corrected chi connectivity index (χ4v) is 6.54. The molecule has 4 atom stereocenters. The second-order valence-electron chi connectivity index (χ2n) is 14.2. The highest BCUT2D eigenvalue weighted by Gasteiger charge is 2.36. The second kappa shape index (κ2) is 35.4. The van der Waals surface area contributed by atoms with Crippen molar-refractivity contribution in [2.45, 2.75) is 186 Å². The number of carbonyl (C=O) groups is 2. The van der Waals surface area contributed by atoms with Crippen molar-refractivity contribution in [3.8, 4) is 0 Å². The van der Waals surface area contributed by atoms with E-state index in [0.717, 1.165) is 57.8 Å². The van der Waals surface area contributed by atoms with E-state index in [2.05, 4.69) is 56.4 Å². The van der Waals surface area contributed by atoms with Crippen LogP contribution in [0.2, 0.25) is 0 Å². The molecule has 1 saturated heterocycles. The van der Waals surface area contributed by atoms with E-state index >= 15 is 0 Å². The van der Waals surface area contributed by atoms with Crippen LogP contribution in [0.3, 0.4) is 0 Å². The maximum Gasteiger partial charge on any atom is 0.472 e. The predicted molar refractivity (Wildman–Crippen MR) is 219 cm³/mol. The summed E-state index contributed by atoms with van der Waals surface area (Å²) in [5.74, 6) is -0.914. The first-order chi connectivity index (χ1) is 26.3. The van der Waals surface area contributed by atoms with Crippen molar-refractivity contribution in [2.24, 2.45) is 5.73 Å². The van der Waals surface area contributed by atoms with E-state index in [0.29, 0.717) is 19.3 Å². The number of ether oxygens (including phenoxy) is 3. The predicted octanol–water partition coefficient (Wildman–Crippen LogP) is 10.9. The standard InChI is InChI=1S/C43H76NO9P/c1-3-5-7-9-11-13-14-15-16-17-18-20-22-24-29-33-42(45)49-37-39(38-51-54(47,48)50-36-35-44)52-43(46)34-30-26-25-28-32-41-40(53-41)31-27-23-21-19-12-10-8-6-4-2/h12,15-16,19,23,25,27-28,39-41H,3-11,13-14,17-18,20-22,24,26,29-38,44H2,1-2H3,(H,47,48)/b16-15-,19-12-,27-23-,28-25-/t39-,40?,41?/m1/s1. The Labute approximate surface area is 328 Å². The van der Waals surface area contributed by atoms with E-state index in [9.17, 15) is 19.0 Å². The lowest BCUT2D eigenvalue weighted by atomic mass is 10.1. The zero-order valence-electron chi connectivity index (χ0n) is 33.9. The number of carbonyl (C=O) groups excluding carboxylic acids is 2. The molecule has 0 radical (unpaired) electrons. The second-order valence-corrected chi connectivity index (χ2v) is 15.7. The average molecular weight is 782 g/mol. The number of allylic oxidation sites excluding steroid dienone is 6. The SMILES string of the molecule is CCCCC/C=C\C/C=C\CC1OC1C/C=C\CCCC(=O)O[C@H](COC(=O)CCCCCCC/C=C\CCCCCCCC)COP(=O)(O)OCCN. The quantitative estimate of drug-likeness (QED) is 0.0204. The molecular formula is C43H76NO9P. The van der Waals surface area contributed by atoms with E-state index in [1.807, 2.05) is 6.08 Å². The van der Waals surface area contributed by atoms with Crippen LogP contribution in [0.15, 0.2) is 48.6 Å². The smallest absolute Gasteiger partial charge is 0.462 e. The van der Waals surface area contributed by atoms with E-state index in [-0.39, 0.29) is 44.8 Å². The molecule has 3 unspecified atom stereocenters. The van der Waals surface area contributed by atoms with Crippen LogP contribution in [0.5, 0.6) is 0 Å². The van der Waals surface area contributed by atoms with Gasteiger partial charge in [-0.05, 0) is 77.0 Å². The van der Waals surface area contributed by atoms with Gasteiger partial charge in [-0.15, -0.1) is 0 Å². The molecule has 0 spiro atoms. The first kappa shape index (κ1) is 49.9. The number of rotatable bonds is 38. The molecule has 0 saturated carbocycles. The van der Waals surface area contributed by atoms with Gasteiger partial charge in [0.15, 0.2) is 6.10 Å². The van der Waals surface area contributed by atoms with Crippen LogP contribution in [0.1, 0.15) is 168 Å². The van der Waals surface area contributed by atoms with Crippen LogP contribution in [-0.4, -0.2) is 61.5 Å². The van der Waals surface area contributed by atoms with Gasteiger partial charge < -0.3 is 24.8 Å². The summed E-state index contributed by atoms with van der Waals surface area (Å²) in [6.07, 6.45) is 41.7.